The molecule has 1 heteroatoms. The van der Waals surface area contributed by atoms with Gasteiger partial charge in [0.15, 0.2) is 0 Å². The van der Waals surface area contributed by atoms with Crippen LogP contribution in [0.5, 0.6) is 0 Å². The number of allylic oxidation sites excluding steroid dienone is 4. The van der Waals surface area contributed by atoms with Crippen molar-refractivity contribution in [2.24, 2.45) is 0 Å². The Bertz CT molecular complexity index is 580. The summed E-state index contributed by atoms with van der Waals surface area (Å²) in [6.07, 6.45) is 19.8. The summed E-state index contributed by atoms with van der Waals surface area (Å²) in [5.74, 6) is 0. The molecule has 0 unspecified atom stereocenters. The highest BCUT2D eigenvalue weighted by Gasteiger charge is 2.13. The van der Waals surface area contributed by atoms with E-state index in [0.717, 1.165) is 6.54 Å². The van der Waals surface area contributed by atoms with Crippen molar-refractivity contribution in [2.45, 2.75) is 107 Å². The van der Waals surface area contributed by atoms with E-state index in [0.29, 0.717) is 0 Å². The second-order valence-electron chi connectivity index (χ2n) is 7.07. The second-order valence-corrected chi connectivity index (χ2v) is 7.07. The molecule has 0 aromatic heterocycles. The Labute approximate surface area is 202 Å². The third-order valence-electron chi connectivity index (χ3n) is 5.19. The Morgan fingerprint density at radius 1 is 0.719 bits per heavy atom. The van der Waals surface area contributed by atoms with Crippen LogP contribution in [0.15, 0.2) is 65.8 Å². The zero-order valence-electron chi connectivity index (χ0n) is 22.9. The van der Waals surface area contributed by atoms with Crippen molar-refractivity contribution in [1.82, 2.24) is 4.90 Å². The average Bonchev–Trinajstić information content (AvgIpc) is 2.92. The summed E-state index contributed by atoms with van der Waals surface area (Å²) in [6, 6.07) is 10.9. The highest BCUT2D eigenvalue weighted by molar-refractivity contribution is 5.42. The minimum atomic E-state index is 1.14. The lowest BCUT2D eigenvalue weighted by Crippen LogP contribution is -2.30. The molecule has 1 heterocycles. The Hall–Kier alpha value is -1.60. The molecule has 0 atom stereocenters. The first-order valence-electron chi connectivity index (χ1n) is 13.7. The molecule has 1 aromatic rings. The van der Waals surface area contributed by atoms with Gasteiger partial charge in [0.05, 0.1) is 0 Å². The van der Waals surface area contributed by atoms with E-state index in [4.69, 9.17) is 0 Å². The van der Waals surface area contributed by atoms with E-state index in [1.165, 1.54) is 75.6 Å². The molecule has 0 N–H and O–H groups in total. The van der Waals surface area contributed by atoms with Crippen molar-refractivity contribution >= 4 is 0 Å². The maximum absolute atomic E-state index is 2.62. The topological polar surface area (TPSA) is 3.24 Å². The van der Waals surface area contributed by atoms with E-state index in [9.17, 15) is 0 Å². The molecule has 0 fully saturated rings. The number of rotatable bonds is 8. The predicted octanol–water partition coefficient (Wildman–Crippen LogP) is 9.80. The normalized spacial score (nSPS) is 14.5. The number of unbranched alkanes of at least 4 members (excludes halogenated alkanes) is 3. The van der Waals surface area contributed by atoms with Gasteiger partial charge in [-0.05, 0) is 61.8 Å². The maximum Gasteiger partial charge on any atom is 0.0169 e. The van der Waals surface area contributed by atoms with Gasteiger partial charge in [-0.15, -0.1) is 0 Å². The van der Waals surface area contributed by atoms with E-state index in [1.54, 1.807) is 5.57 Å². The van der Waals surface area contributed by atoms with E-state index in [-0.39, 0.29) is 0 Å². The van der Waals surface area contributed by atoms with E-state index >= 15 is 0 Å². The van der Waals surface area contributed by atoms with E-state index < -0.39 is 0 Å². The lowest BCUT2D eigenvalue weighted by atomic mass is 9.95. The van der Waals surface area contributed by atoms with Crippen molar-refractivity contribution in [3.05, 3.63) is 71.3 Å². The monoisotopic (exact) mass is 441 g/mol. The molecule has 0 amide bonds. The molecular weight excluding hydrogens is 386 g/mol. The standard InChI is InChI=1S/C23H31N.4C2H6/c1(5-11-21-12-6-3-7-13-21)2-10-18-24-19-16-23(17-20-24)22-14-8-4-9-15-22;4*1-2/h3,6-8,12-16H,1-2,4-5,9-11,17-20H2;4*1-2H3. The highest BCUT2D eigenvalue weighted by Crippen LogP contribution is 2.23. The molecule has 1 aliphatic carbocycles. The Morgan fingerprint density at radius 2 is 1.38 bits per heavy atom. The van der Waals surface area contributed by atoms with Crippen LogP contribution in [0, 0.1) is 0 Å². The minimum absolute atomic E-state index is 1.14. The van der Waals surface area contributed by atoms with Gasteiger partial charge in [0.2, 0.25) is 0 Å². The smallest absolute Gasteiger partial charge is 0.0169 e. The first-order chi connectivity index (χ1) is 15.9. The number of benzene rings is 1. The Kier molecular flexibility index (Phi) is 26.1. The Balaban J connectivity index is 0. The van der Waals surface area contributed by atoms with Gasteiger partial charge in [-0.3, -0.25) is 4.90 Å². The van der Waals surface area contributed by atoms with Gasteiger partial charge in [-0.25, -0.2) is 0 Å². The van der Waals surface area contributed by atoms with Crippen LogP contribution in [0.3, 0.4) is 0 Å². The van der Waals surface area contributed by atoms with Gasteiger partial charge in [-0.2, -0.15) is 0 Å². The molecule has 1 nitrogen and oxygen atoms in total. The minimum Gasteiger partial charge on any atom is -0.299 e. The molecular formula is C31H55N. The molecule has 0 saturated carbocycles. The molecule has 3 rings (SSSR count). The fraction of sp³-hybridized carbons (Fsp3) is 0.613. The summed E-state index contributed by atoms with van der Waals surface area (Å²) in [5, 5.41) is 0. The third kappa shape index (κ3) is 15.2. The van der Waals surface area contributed by atoms with E-state index in [1.807, 2.05) is 55.4 Å². The molecule has 184 valence electrons. The Morgan fingerprint density at radius 3 is 1.94 bits per heavy atom. The summed E-state index contributed by atoms with van der Waals surface area (Å²) in [7, 11) is 0. The number of nitrogens with zero attached hydrogens (tertiary/aromatic N) is 1. The molecule has 2 aliphatic rings. The van der Waals surface area contributed by atoms with Crippen molar-refractivity contribution < 1.29 is 0 Å². The van der Waals surface area contributed by atoms with Crippen LogP contribution in [0.1, 0.15) is 106 Å². The lowest BCUT2D eigenvalue weighted by Gasteiger charge is -2.27. The van der Waals surface area contributed by atoms with Crippen LogP contribution >= 0.6 is 0 Å². The van der Waals surface area contributed by atoms with Crippen LogP contribution in [-0.2, 0) is 6.42 Å². The van der Waals surface area contributed by atoms with Gasteiger partial charge in [0.1, 0.15) is 0 Å². The van der Waals surface area contributed by atoms with Crippen LogP contribution in [0.2, 0.25) is 0 Å². The number of hydrogen-bond acceptors (Lipinski definition) is 1. The summed E-state index contributed by atoms with van der Waals surface area (Å²) in [5.41, 5.74) is 4.55. The average molecular weight is 442 g/mol. The van der Waals surface area contributed by atoms with Crippen LogP contribution in [0.25, 0.3) is 0 Å². The van der Waals surface area contributed by atoms with Crippen molar-refractivity contribution in [2.75, 3.05) is 19.6 Å². The fourth-order valence-corrected chi connectivity index (χ4v) is 3.69. The summed E-state index contributed by atoms with van der Waals surface area (Å²) < 4.78 is 0. The molecule has 0 radical (unpaired) electrons. The van der Waals surface area contributed by atoms with Crippen molar-refractivity contribution in [1.29, 1.82) is 0 Å². The third-order valence-corrected chi connectivity index (χ3v) is 5.19. The quantitative estimate of drug-likeness (QED) is 0.363. The second kappa shape index (κ2) is 25.7. The molecule has 0 saturated heterocycles. The van der Waals surface area contributed by atoms with Crippen molar-refractivity contribution in [3.63, 3.8) is 0 Å². The molecule has 0 spiro atoms. The van der Waals surface area contributed by atoms with Crippen LogP contribution < -0.4 is 0 Å². The van der Waals surface area contributed by atoms with Gasteiger partial charge in [0, 0.05) is 13.1 Å². The largest absolute Gasteiger partial charge is 0.299 e. The van der Waals surface area contributed by atoms with Crippen molar-refractivity contribution in [3.8, 4) is 0 Å². The molecule has 32 heavy (non-hydrogen) atoms. The maximum atomic E-state index is 2.62. The molecule has 1 aromatic carbocycles. The zero-order chi connectivity index (χ0) is 24.5. The van der Waals surface area contributed by atoms with Gasteiger partial charge < -0.3 is 0 Å². The summed E-state index contributed by atoms with van der Waals surface area (Å²) in [4.78, 5) is 2.62. The number of hydrogen-bond donors (Lipinski definition) is 0. The summed E-state index contributed by atoms with van der Waals surface area (Å²) >= 11 is 0. The lowest BCUT2D eigenvalue weighted by molar-refractivity contribution is 0.287. The highest BCUT2D eigenvalue weighted by atomic mass is 15.1. The number of aryl methyl sites for hydroxylation is 1. The van der Waals surface area contributed by atoms with Gasteiger partial charge in [0.25, 0.3) is 0 Å². The first-order valence-corrected chi connectivity index (χ1v) is 13.7. The predicted molar refractivity (Wildman–Crippen MR) is 150 cm³/mol. The van der Waals surface area contributed by atoms with E-state index in [2.05, 4.69) is 59.5 Å². The van der Waals surface area contributed by atoms with Gasteiger partial charge in [-0.1, -0.05) is 123 Å². The molecule has 0 bridgehead atoms. The zero-order valence-corrected chi connectivity index (χ0v) is 22.9. The molecule has 1 aliphatic heterocycles. The van der Waals surface area contributed by atoms with Gasteiger partial charge >= 0.3 is 0 Å². The van der Waals surface area contributed by atoms with Crippen LogP contribution in [-0.4, -0.2) is 24.5 Å². The summed E-state index contributed by atoms with van der Waals surface area (Å²) in [6.45, 7) is 19.6. The first kappa shape index (κ1) is 32.6. The SMILES string of the molecule is C1=CC(C2=CCN(CCCCCCc3ccccc3)CC2)=CCC1.CC.CC.CC.CC. The van der Waals surface area contributed by atoms with Crippen LogP contribution in [0.4, 0.5) is 0 Å². The fourth-order valence-electron chi connectivity index (χ4n) is 3.69.